The van der Waals surface area contributed by atoms with Gasteiger partial charge in [-0.3, -0.25) is 4.57 Å². The lowest BCUT2D eigenvalue weighted by atomic mass is 9.85. The maximum absolute atomic E-state index is 5.10. The molecule has 4 nitrogen and oxygen atoms in total. The molecule has 4 heterocycles. The number of hydrogen-bond donors (Lipinski definition) is 0. The number of aromatic nitrogens is 4. The van der Waals surface area contributed by atoms with E-state index < -0.39 is 0 Å². The highest BCUT2D eigenvalue weighted by molar-refractivity contribution is 6.19. The summed E-state index contributed by atoms with van der Waals surface area (Å²) in [5.41, 5.74) is 11.5. The Hall–Kier alpha value is -5.61. The van der Waals surface area contributed by atoms with Crippen LogP contribution in [0.1, 0.15) is 32.2 Å². The molecule has 0 unspecified atom stereocenters. The van der Waals surface area contributed by atoms with E-state index in [1.165, 1.54) is 54.9 Å². The second-order valence-electron chi connectivity index (χ2n) is 12.5. The number of rotatable bonds is 4. The lowest BCUT2D eigenvalue weighted by Gasteiger charge is -2.19. The molecule has 0 fully saturated rings. The molecule has 0 aliphatic carbocycles. The molecule has 216 valence electrons. The Kier molecular flexibility index (Phi) is 5.28. The first-order valence-corrected chi connectivity index (χ1v) is 15.6. The third-order valence-electron chi connectivity index (χ3n) is 9.62. The highest BCUT2D eigenvalue weighted by atomic mass is 15.1. The molecule has 0 bridgehead atoms. The molecule has 0 atom stereocenters. The molecule has 1 aliphatic rings. The zero-order valence-electron chi connectivity index (χ0n) is 25.6. The van der Waals surface area contributed by atoms with E-state index in [9.17, 15) is 0 Å². The van der Waals surface area contributed by atoms with Gasteiger partial charge in [-0.2, -0.15) is 0 Å². The van der Waals surface area contributed by atoms with Crippen LogP contribution in [-0.2, 0) is 5.41 Å². The van der Waals surface area contributed by atoms with Crippen LogP contribution in [0.2, 0.25) is 0 Å². The molecular formula is C41H32N4. The first-order valence-electron chi connectivity index (χ1n) is 15.6. The smallest absolute Gasteiger partial charge is 0.124 e. The van der Waals surface area contributed by atoms with Gasteiger partial charge in [-0.15, -0.1) is 0 Å². The Labute approximate surface area is 261 Å². The van der Waals surface area contributed by atoms with Crippen molar-refractivity contribution in [3.05, 3.63) is 145 Å². The van der Waals surface area contributed by atoms with Crippen LogP contribution in [0.25, 0.3) is 71.7 Å². The molecule has 45 heavy (non-hydrogen) atoms. The van der Waals surface area contributed by atoms with Gasteiger partial charge in [0.25, 0.3) is 0 Å². The van der Waals surface area contributed by atoms with Crippen LogP contribution in [0.3, 0.4) is 0 Å². The number of hydrogen-bond acceptors (Lipinski definition) is 1. The minimum Gasteiger partial charge on any atom is -0.309 e. The Bertz CT molecular complexity index is 2600. The summed E-state index contributed by atoms with van der Waals surface area (Å²) in [6.45, 7) is 10.7. The molecule has 0 N–H and O–H groups in total. The molecule has 0 saturated carbocycles. The van der Waals surface area contributed by atoms with Crippen LogP contribution in [0.4, 0.5) is 0 Å². The Morgan fingerprint density at radius 1 is 0.689 bits per heavy atom. The lowest BCUT2D eigenvalue weighted by Crippen LogP contribution is -2.17. The third-order valence-corrected chi connectivity index (χ3v) is 9.62. The minimum atomic E-state index is -0.232. The van der Waals surface area contributed by atoms with E-state index >= 15 is 0 Å². The molecule has 0 amide bonds. The van der Waals surface area contributed by atoms with Crippen molar-refractivity contribution in [2.75, 3.05) is 0 Å². The first kappa shape index (κ1) is 25.8. The Morgan fingerprint density at radius 2 is 1.36 bits per heavy atom. The largest absolute Gasteiger partial charge is 0.309 e. The summed E-state index contributed by atoms with van der Waals surface area (Å²) in [7, 11) is 0. The maximum Gasteiger partial charge on any atom is 0.124 e. The molecule has 0 radical (unpaired) electrons. The Balaban J connectivity index is 1.35. The maximum atomic E-state index is 5.10. The second kappa shape index (κ2) is 9.20. The van der Waals surface area contributed by atoms with Crippen molar-refractivity contribution in [1.29, 1.82) is 0 Å². The predicted molar refractivity (Wildman–Crippen MR) is 190 cm³/mol. The highest BCUT2D eigenvalue weighted by Gasteiger charge is 2.39. The van der Waals surface area contributed by atoms with Crippen LogP contribution < -0.4 is 0 Å². The number of fused-ring (bicyclic) bond motifs is 11. The van der Waals surface area contributed by atoms with Gasteiger partial charge in [0.05, 0.1) is 44.2 Å². The van der Waals surface area contributed by atoms with Gasteiger partial charge in [0, 0.05) is 32.9 Å². The van der Waals surface area contributed by atoms with Gasteiger partial charge in [-0.25, -0.2) is 4.98 Å². The predicted octanol–water partition coefficient (Wildman–Crippen LogP) is 10.5. The molecule has 4 heteroatoms. The second-order valence-corrected chi connectivity index (χ2v) is 12.5. The van der Waals surface area contributed by atoms with Crippen molar-refractivity contribution >= 4 is 60.3 Å². The summed E-state index contributed by atoms with van der Waals surface area (Å²) in [5, 5.41) is 4.94. The van der Waals surface area contributed by atoms with Crippen molar-refractivity contribution < 1.29 is 0 Å². The highest BCUT2D eigenvalue weighted by Crippen LogP contribution is 2.46. The van der Waals surface area contributed by atoms with Crippen molar-refractivity contribution in [1.82, 2.24) is 18.7 Å². The topological polar surface area (TPSA) is 27.7 Å². The zero-order valence-corrected chi connectivity index (χ0v) is 25.6. The number of benzene rings is 5. The fourth-order valence-electron chi connectivity index (χ4n) is 7.65. The molecule has 3 aromatic heterocycles. The molecular weight excluding hydrogens is 548 g/mol. The standard InChI is InChI=1S/C41H32N4/c1-5-13-26(14-6-2)43-34-18-10-7-15-28(34)30-25-39-31(24-38(30)43)29-16-8-11-19-35(29)44(39)27-21-22-36-32(23-27)41(3,4)40-42-33-17-9-12-20-37(33)45(36)40/h5-25H,1H2,2-4H3/b14-6-,26-13+. The van der Waals surface area contributed by atoms with E-state index in [0.29, 0.717) is 0 Å². The SMILES string of the molecule is C=C/C=C(\C=C/C)n1c2ccccc2c2cc3c(cc21)c1ccccc1n3-c1ccc2c(c1)C(C)(C)c1nc3ccccc3n1-2. The summed E-state index contributed by atoms with van der Waals surface area (Å²) in [6, 6.07) is 37.6. The van der Waals surface area contributed by atoms with Crippen molar-refractivity contribution in [3.63, 3.8) is 0 Å². The summed E-state index contributed by atoms with van der Waals surface area (Å²) >= 11 is 0. The number of nitrogens with zero attached hydrogens (tertiary/aromatic N) is 4. The van der Waals surface area contributed by atoms with E-state index in [4.69, 9.17) is 4.98 Å². The van der Waals surface area contributed by atoms with Gasteiger partial charge in [0.15, 0.2) is 0 Å². The molecule has 0 saturated heterocycles. The quantitative estimate of drug-likeness (QED) is 0.190. The van der Waals surface area contributed by atoms with E-state index in [1.54, 1.807) is 0 Å². The van der Waals surface area contributed by atoms with Crippen LogP contribution in [0.15, 0.2) is 134 Å². The number of allylic oxidation sites excluding steroid dienone is 5. The fraction of sp³-hybridized carbons (Fsp3) is 0.0976. The first-order chi connectivity index (χ1) is 22.0. The van der Waals surface area contributed by atoms with Gasteiger partial charge >= 0.3 is 0 Å². The summed E-state index contributed by atoms with van der Waals surface area (Å²) in [6.07, 6.45) is 8.19. The minimum absolute atomic E-state index is 0.232. The van der Waals surface area contributed by atoms with Crippen molar-refractivity contribution in [2.45, 2.75) is 26.2 Å². The monoisotopic (exact) mass is 580 g/mol. The average Bonchev–Trinajstić information content (AvgIpc) is 3.76. The van der Waals surface area contributed by atoms with Gasteiger partial charge in [0.2, 0.25) is 0 Å². The van der Waals surface area contributed by atoms with Crippen molar-refractivity contribution in [2.24, 2.45) is 0 Å². The molecule has 1 aliphatic heterocycles. The molecule has 8 aromatic rings. The average molecular weight is 581 g/mol. The van der Waals surface area contributed by atoms with Crippen LogP contribution >= 0.6 is 0 Å². The van der Waals surface area contributed by atoms with Crippen molar-refractivity contribution in [3.8, 4) is 11.4 Å². The van der Waals surface area contributed by atoms with E-state index in [0.717, 1.165) is 28.2 Å². The van der Waals surface area contributed by atoms with Crippen LogP contribution in [0.5, 0.6) is 0 Å². The Morgan fingerprint density at radius 3 is 2.13 bits per heavy atom. The van der Waals surface area contributed by atoms with E-state index in [-0.39, 0.29) is 5.41 Å². The van der Waals surface area contributed by atoms with Crippen LogP contribution in [0, 0.1) is 0 Å². The van der Waals surface area contributed by atoms with E-state index in [1.807, 2.05) is 6.08 Å². The fourth-order valence-corrected chi connectivity index (χ4v) is 7.65. The third kappa shape index (κ3) is 3.39. The zero-order chi connectivity index (χ0) is 30.4. The molecule has 5 aromatic carbocycles. The lowest BCUT2D eigenvalue weighted by molar-refractivity contribution is 0.621. The van der Waals surface area contributed by atoms with Gasteiger partial charge in [-0.1, -0.05) is 67.3 Å². The molecule has 0 spiro atoms. The number of imidazole rings is 1. The van der Waals surface area contributed by atoms with Crippen LogP contribution in [-0.4, -0.2) is 18.7 Å². The summed E-state index contributed by atoms with van der Waals surface area (Å²) < 4.78 is 7.15. The summed E-state index contributed by atoms with van der Waals surface area (Å²) in [5.74, 6) is 1.09. The van der Waals surface area contributed by atoms with Gasteiger partial charge < -0.3 is 9.13 Å². The summed E-state index contributed by atoms with van der Waals surface area (Å²) in [4.78, 5) is 5.10. The number of para-hydroxylation sites is 4. The molecule has 9 rings (SSSR count). The van der Waals surface area contributed by atoms with Gasteiger partial charge in [0.1, 0.15) is 5.82 Å². The normalized spacial score (nSPS) is 14.4. The van der Waals surface area contributed by atoms with Gasteiger partial charge in [-0.05, 0) is 93.1 Å². The van der Waals surface area contributed by atoms with E-state index in [2.05, 4.69) is 162 Å².